The van der Waals surface area contributed by atoms with Crippen LogP contribution in [-0.2, 0) is 20.7 Å². The van der Waals surface area contributed by atoms with Crippen LogP contribution in [0.15, 0.2) is 16.8 Å². The summed E-state index contributed by atoms with van der Waals surface area (Å²) in [4.78, 5) is 22.3. The van der Waals surface area contributed by atoms with Crippen molar-refractivity contribution in [3.05, 3.63) is 22.4 Å². The third kappa shape index (κ3) is 3.54. The molecule has 0 bridgehead atoms. The van der Waals surface area contributed by atoms with Crippen molar-refractivity contribution in [1.82, 2.24) is 5.32 Å². The molecular formula is C12H15NO4S. The number of aliphatic carboxylic acids is 1. The zero-order valence-electron chi connectivity index (χ0n) is 9.80. The Morgan fingerprint density at radius 1 is 1.50 bits per heavy atom. The molecule has 18 heavy (non-hydrogen) atoms. The Labute approximate surface area is 109 Å². The van der Waals surface area contributed by atoms with Crippen LogP contribution >= 0.6 is 11.3 Å². The minimum Gasteiger partial charge on any atom is -0.479 e. The van der Waals surface area contributed by atoms with E-state index in [0.717, 1.165) is 5.56 Å². The van der Waals surface area contributed by atoms with Gasteiger partial charge < -0.3 is 15.2 Å². The Morgan fingerprint density at radius 3 is 2.94 bits per heavy atom. The zero-order valence-corrected chi connectivity index (χ0v) is 10.6. The lowest BCUT2D eigenvalue weighted by atomic mass is 10.2. The third-order valence-electron chi connectivity index (χ3n) is 2.85. The van der Waals surface area contributed by atoms with Gasteiger partial charge in [-0.05, 0) is 35.2 Å². The normalized spacial score (nSPS) is 22.9. The van der Waals surface area contributed by atoms with Crippen molar-refractivity contribution in [3.63, 3.8) is 0 Å². The lowest BCUT2D eigenvalue weighted by molar-refractivity contribution is -0.149. The first-order valence-corrected chi connectivity index (χ1v) is 6.75. The molecule has 2 heterocycles. The number of amides is 1. The molecule has 0 spiro atoms. The molecule has 1 fully saturated rings. The molecule has 2 N–H and O–H groups in total. The van der Waals surface area contributed by atoms with Gasteiger partial charge in [-0.2, -0.15) is 11.3 Å². The molecule has 1 aliphatic heterocycles. The Hall–Kier alpha value is -1.40. The van der Waals surface area contributed by atoms with Crippen LogP contribution in [0, 0.1) is 0 Å². The summed E-state index contributed by atoms with van der Waals surface area (Å²) in [5.74, 6) is -0.988. The number of ether oxygens (including phenoxy) is 1. The van der Waals surface area contributed by atoms with E-state index in [1.807, 2.05) is 16.8 Å². The van der Waals surface area contributed by atoms with Gasteiger partial charge in [-0.15, -0.1) is 0 Å². The molecule has 2 rings (SSSR count). The summed E-state index contributed by atoms with van der Waals surface area (Å²) in [6.07, 6.45) is 0.649. The molecule has 1 amide bonds. The van der Waals surface area contributed by atoms with E-state index in [9.17, 15) is 9.59 Å². The van der Waals surface area contributed by atoms with Gasteiger partial charge in [-0.3, -0.25) is 4.79 Å². The molecule has 1 aliphatic rings. The van der Waals surface area contributed by atoms with Crippen molar-refractivity contribution in [2.45, 2.75) is 31.5 Å². The second-order valence-electron chi connectivity index (χ2n) is 4.27. The van der Waals surface area contributed by atoms with Crippen LogP contribution in [0.2, 0.25) is 0 Å². The van der Waals surface area contributed by atoms with Gasteiger partial charge in [0, 0.05) is 6.54 Å². The molecule has 0 aromatic carbocycles. The number of carboxylic acids is 1. The molecule has 0 saturated carbocycles. The molecular weight excluding hydrogens is 254 g/mol. The number of carbonyl (C=O) groups is 2. The maximum atomic E-state index is 11.6. The van der Waals surface area contributed by atoms with Crippen molar-refractivity contribution in [2.24, 2.45) is 0 Å². The fraction of sp³-hybridized carbons (Fsp3) is 0.500. The van der Waals surface area contributed by atoms with Crippen LogP contribution in [0.1, 0.15) is 18.4 Å². The number of rotatable bonds is 5. The molecule has 1 saturated heterocycles. The molecule has 0 radical (unpaired) electrons. The molecule has 1 aromatic rings. The summed E-state index contributed by atoms with van der Waals surface area (Å²) < 4.78 is 5.30. The van der Waals surface area contributed by atoms with E-state index in [0.29, 0.717) is 25.8 Å². The van der Waals surface area contributed by atoms with Crippen LogP contribution in [0.4, 0.5) is 0 Å². The number of carboxylic acid groups (broad SMARTS) is 1. The minimum atomic E-state index is -0.929. The second-order valence-corrected chi connectivity index (χ2v) is 5.05. The largest absolute Gasteiger partial charge is 0.479 e. The SMILES string of the molecule is O=C(Cc1ccsc1)NCC1CCC(C(=O)O)O1. The van der Waals surface area contributed by atoms with Crippen molar-refractivity contribution in [3.8, 4) is 0 Å². The van der Waals surface area contributed by atoms with Gasteiger partial charge in [0.05, 0.1) is 12.5 Å². The maximum Gasteiger partial charge on any atom is 0.332 e. The highest BCUT2D eigenvalue weighted by Crippen LogP contribution is 2.19. The molecule has 2 atom stereocenters. The zero-order chi connectivity index (χ0) is 13.0. The van der Waals surface area contributed by atoms with Crippen LogP contribution in [0.25, 0.3) is 0 Å². The average molecular weight is 269 g/mol. The van der Waals surface area contributed by atoms with Gasteiger partial charge >= 0.3 is 5.97 Å². The molecule has 6 heteroatoms. The molecule has 2 unspecified atom stereocenters. The van der Waals surface area contributed by atoms with E-state index in [-0.39, 0.29) is 12.0 Å². The first-order chi connectivity index (χ1) is 8.65. The van der Waals surface area contributed by atoms with Gasteiger partial charge in [0.1, 0.15) is 0 Å². The van der Waals surface area contributed by atoms with Gasteiger partial charge in [0.25, 0.3) is 0 Å². The summed E-state index contributed by atoms with van der Waals surface area (Å²) in [6.45, 7) is 0.382. The summed E-state index contributed by atoms with van der Waals surface area (Å²) >= 11 is 1.56. The number of hydrogen-bond donors (Lipinski definition) is 2. The van der Waals surface area contributed by atoms with Crippen LogP contribution in [0.5, 0.6) is 0 Å². The predicted octanol–water partition coefficient (Wildman–Crippen LogP) is 1.04. The van der Waals surface area contributed by atoms with Gasteiger partial charge in [-0.25, -0.2) is 4.79 Å². The monoisotopic (exact) mass is 269 g/mol. The standard InChI is InChI=1S/C12H15NO4S/c14-11(5-8-3-4-18-7-8)13-6-9-1-2-10(17-9)12(15)16/h3-4,7,9-10H,1-2,5-6H2,(H,13,14)(H,15,16). The first-order valence-electron chi connectivity index (χ1n) is 5.81. The van der Waals surface area contributed by atoms with E-state index in [1.54, 1.807) is 11.3 Å². The Kier molecular flexibility index (Phi) is 4.33. The van der Waals surface area contributed by atoms with E-state index in [4.69, 9.17) is 9.84 Å². The Morgan fingerprint density at radius 2 is 2.33 bits per heavy atom. The van der Waals surface area contributed by atoms with Crippen LogP contribution in [-0.4, -0.2) is 35.7 Å². The average Bonchev–Trinajstić information content (AvgIpc) is 2.96. The van der Waals surface area contributed by atoms with Gasteiger partial charge in [-0.1, -0.05) is 0 Å². The lowest BCUT2D eigenvalue weighted by Gasteiger charge is -2.12. The number of carbonyl (C=O) groups excluding carboxylic acids is 1. The lowest BCUT2D eigenvalue weighted by Crippen LogP contribution is -2.33. The highest BCUT2D eigenvalue weighted by Gasteiger charge is 2.30. The van der Waals surface area contributed by atoms with Gasteiger partial charge in [0.15, 0.2) is 6.10 Å². The van der Waals surface area contributed by atoms with E-state index >= 15 is 0 Å². The molecule has 1 aromatic heterocycles. The van der Waals surface area contributed by atoms with Crippen molar-refractivity contribution < 1.29 is 19.4 Å². The van der Waals surface area contributed by atoms with E-state index in [1.165, 1.54) is 0 Å². The van der Waals surface area contributed by atoms with Crippen molar-refractivity contribution >= 4 is 23.2 Å². The van der Waals surface area contributed by atoms with Crippen molar-refractivity contribution in [1.29, 1.82) is 0 Å². The fourth-order valence-electron chi connectivity index (χ4n) is 1.91. The highest BCUT2D eigenvalue weighted by molar-refractivity contribution is 7.07. The third-order valence-corrected chi connectivity index (χ3v) is 3.59. The van der Waals surface area contributed by atoms with E-state index < -0.39 is 12.1 Å². The Bertz CT molecular complexity index is 418. The summed E-state index contributed by atoms with van der Waals surface area (Å²) in [7, 11) is 0. The van der Waals surface area contributed by atoms with Gasteiger partial charge in [0.2, 0.25) is 5.91 Å². The maximum absolute atomic E-state index is 11.6. The summed E-state index contributed by atoms with van der Waals surface area (Å²) in [5.41, 5.74) is 0.994. The number of nitrogens with one attached hydrogen (secondary N) is 1. The topological polar surface area (TPSA) is 75.6 Å². The molecule has 0 aliphatic carbocycles. The smallest absolute Gasteiger partial charge is 0.332 e. The van der Waals surface area contributed by atoms with E-state index in [2.05, 4.69) is 5.32 Å². The fourth-order valence-corrected chi connectivity index (χ4v) is 2.57. The second kappa shape index (κ2) is 5.97. The summed E-state index contributed by atoms with van der Waals surface area (Å²) in [6, 6.07) is 1.91. The van der Waals surface area contributed by atoms with Crippen molar-refractivity contribution in [2.75, 3.05) is 6.54 Å². The quantitative estimate of drug-likeness (QED) is 0.837. The minimum absolute atomic E-state index is 0.0595. The Balaban J connectivity index is 1.69. The number of thiophene rings is 1. The molecule has 5 nitrogen and oxygen atoms in total. The first kappa shape index (κ1) is 13.0. The predicted molar refractivity (Wildman–Crippen MR) is 66.6 cm³/mol. The van der Waals surface area contributed by atoms with Crippen LogP contribution < -0.4 is 5.32 Å². The summed E-state index contributed by atoms with van der Waals surface area (Å²) in [5, 5.41) is 15.4. The van der Waals surface area contributed by atoms with Crippen LogP contribution in [0.3, 0.4) is 0 Å². The molecule has 98 valence electrons. The highest BCUT2D eigenvalue weighted by atomic mass is 32.1. The number of hydrogen-bond acceptors (Lipinski definition) is 4.